The number of thiophene rings is 1. The van der Waals surface area contributed by atoms with Crippen LogP contribution in [0.3, 0.4) is 0 Å². The fourth-order valence-corrected chi connectivity index (χ4v) is 2.97. The second-order valence-electron chi connectivity index (χ2n) is 4.06. The van der Waals surface area contributed by atoms with Gasteiger partial charge in [0.2, 0.25) is 0 Å². The topological polar surface area (TPSA) is 24.9 Å². The maximum Gasteiger partial charge on any atom is 0.107 e. The van der Waals surface area contributed by atoms with Crippen LogP contribution in [0, 0.1) is 0 Å². The molecule has 0 bridgehead atoms. The standard InChI is InChI=1S/C12H16N2S2/c1-9(2)11-8-16-12(14-11)6-13-5-10-3-4-15-7-10/h3-4,7-9,13H,5-6H2,1-2H3. The molecule has 16 heavy (non-hydrogen) atoms. The number of nitrogens with one attached hydrogen (secondary N) is 1. The lowest BCUT2D eigenvalue weighted by Crippen LogP contribution is -2.11. The molecule has 0 saturated carbocycles. The van der Waals surface area contributed by atoms with Crippen molar-refractivity contribution in [3.8, 4) is 0 Å². The highest BCUT2D eigenvalue weighted by atomic mass is 32.1. The summed E-state index contributed by atoms with van der Waals surface area (Å²) in [5, 5.41) is 11.0. The Balaban J connectivity index is 1.81. The van der Waals surface area contributed by atoms with Gasteiger partial charge in [-0.25, -0.2) is 4.98 Å². The van der Waals surface area contributed by atoms with Crippen molar-refractivity contribution in [2.45, 2.75) is 32.9 Å². The third-order valence-corrected chi connectivity index (χ3v) is 3.95. The number of aromatic nitrogens is 1. The van der Waals surface area contributed by atoms with Crippen LogP contribution in [0.15, 0.2) is 22.2 Å². The Morgan fingerprint density at radius 3 is 2.81 bits per heavy atom. The second kappa shape index (κ2) is 5.57. The van der Waals surface area contributed by atoms with Crippen molar-refractivity contribution in [1.29, 1.82) is 0 Å². The van der Waals surface area contributed by atoms with Gasteiger partial charge in [0.05, 0.1) is 5.69 Å². The molecule has 2 nitrogen and oxygen atoms in total. The van der Waals surface area contributed by atoms with E-state index < -0.39 is 0 Å². The Morgan fingerprint density at radius 2 is 2.19 bits per heavy atom. The summed E-state index contributed by atoms with van der Waals surface area (Å²) in [6.07, 6.45) is 0. The molecule has 86 valence electrons. The largest absolute Gasteiger partial charge is 0.306 e. The summed E-state index contributed by atoms with van der Waals surface area (Å²) in [6.45, 7) is 6.16. The van der Waals surface area contributed by atoms with E-state index >= 15 is 0 Å². The van der Waals surface area contributed by atoms with Gasteiger partial charge in [0.25, 0.3) is 0 Å². The van der Waals surface area contributed by atoms with Gasteiger partial charge in [0.15, 0.2) is 0 Å². The van der Waals surface area contributed by atoms with Crippen LogP contribution in [0.5, 0.6) is 0 Å². The van der Waals surface area contributed by atoms with E-state index in [0.29, 0.717) is 5.92 Å². The van der Waals surface area contributed by atoms with Gasteiger partial charge in [-0.15, -0.1) is 11.3 Å². The fourth-order valence-electron chi connectivity index (χ4n) is 1.38. The lowest BCUT2D eigenvalue weighted by molar-refractivity contribution is 0.686. The normalized spacial score (nSPS) is 11.2. The summed E-state index contributed by atoms with van der Waals surface area (Å²) in [4.78, 5) is 4.59. The Bertz CT molecular complexity index is 418. The van der Waals surface area contributed by atoms with Crippen molar-refractivity contribution in [3.05, 3.63) is 38.5 Å². The molecule has 0 aliphatic heterocycles. The highest BCUT2D eigenvalue weighted by molar-refractivity contribution is 7.09. The van der Waals surface area contributed by atoms with Gasteiger partial charge in [-0.05, 0) is 28.3 Å². The molecular weight excluding hydrogens is 236 g/mol. The minimum Gasteiger partial charge on any atom is -0.306 e. The number of hydrogen-bond acceptors (Lipinski definition) is 4. The summed E-state index contributed by atoms with van der Waals surface area (Å²) < 4.78 is 0. The van der Waals surface area contributed by atoms with Crippen molar-refractivity contribution in [2.24, 2.45) is 0 Å². The molecule has 4 heteroatoms. The molecule has 0 fully saturated rings. The van der Waals surface area contributed by atoms with Crippen molar-refractivity contribution < 1.29 is 0 Å². The quantitative estimate of drug-likeness (QED) is 0.879. The van der Waals surface area contributed by atoms with Crippen molar-refractivity contribution >= 4 is 22.7 Å². The molecule has 0 amide bonds. The first-order valence-electron chi connectivity index (χ1n) is 5.42. The first-order chi connectivity index (χ1) is 7.75. The van der Waals surface area contributed by atoms with Gasteiger partial charge in [0, 0.05) is 18.5 Å². The Morgan fingerprint density at radius 1 is 1.31 bits per heavy atom. The van der Waals surface area contributed by atoms with E-state index in [0.717, 1.165) is 13.1 Å². The Hall–Kier alpha value is -0.710. The zero-order chi connectivity index (χ0) is 11.4. The number of thiazole rings is 1. The summed E-state index contributed by atoms with van der Waals surface area (Å²) >= 11 is 3.48. The predicted molar refractivity (Wildman–Crippen MR) is 71.1 cm³/mol. The molecule has 2 aromatic rings. The van der Waals surface area contributed by atoms with Crippen LogP contribution in [-0.2, 0) is 13.1 Å². The van der Waals surface area contributed by atoms with E-state index in [4.69, 9.17) is 0 Å². The van der Waals surface area contributed by atoms with E-state index in [1.54, 1.807) is 22.7 Å². The molecule has 0 atom stereocenters. The molecular formula is C12H16N2S2. The molecule has 0 aromatic carbocycles. The average Bonchev–Trinajstić information content (AvgIpc) is 2.87. The van der Waals surface area contributed by atoms with Crippen LogP contribution < -0.4 is 5.32 Å². The van der Waals surface area contributed by atoms with Crippen LogP contribution in [0.2, 0.25) is 0 Å². The van der Waals surface area contributed by atoms with Gasteiger partial charge in [-0.1, -0.05) is 13.8 Å². The molecule has 0 unspecified atom stereocenters. The highest BCUT2D eigenvalue weighted by Gasteiger charge is 2.04. The molecule has 2 heterocycles. The first-order valence-corrected chi connectivity index (χ1v) is 7.24. The third-order valence-electron chi connectivity index (χ3n) is 2.35. The van der Waals surface area contributed by atoms with E-state index in [9.17, 15) is 0 Å². The lowest BCUT2D eigenvalue weighted by atomic mass is 10.2. The monoisotopic (exact) mass is 252 g/mol. The molecule has 1 N–H and O–H groups in total. The zero-order valence-electron chi connectivity index (χ0n) is 9.56. The first kappa shape index (κ1) is 11.8. The molecule has 2 rings (SSSR count). The molecule has 0 aliphatic rings. The summed E-state index contributed by atoms with van der Waals surface area (Å²) in [5.74, 6) is 0.530. The maximum absolute atomic E-state index is 4.59. The summed E-state index contributed by atoms with van der Waals surface area (Å²) in [6, 6.07) is 2.15. The van der Waals surface area contributed by atoms with Gasteiger partial charge in [-0.2, -0.15) is 11.3 Å². The van der Waals surface area contributed by atoms with Crippen molar-refractivity contribution in [1.82, 2.24) is 10.3 Å². The van der Waals surface area contributed by atoms with E-state index in [1.807, 2.05) is 0 Å². The van der Waals surface area contributed by atoms with Crippen molar-refractivity contribution in [3.63, 3.8) is 0 Å². The smallest absolute Gasteiger partial charge is 0.107 e. The van der Waals surface area contributed by atoms with Crippen LogP contribution in [-0.4, -0.2) is 4.98 Å². The van der Waals surface area contributed by atoms with Gasteiger partial charge < -0.3 is 5.32 Å². The summed E-state index contributed by atoms with van der Waals surface area (Å²) in [5.41, 5.74) is 2.56. The number of nitrogens with zero attached hydrogens (tertiary/aromatic N) is 1. The zero-order valence-corrected chi connectivity index (χ0v) is 11.2. The lowest BCUT2D eigenvalue weighted by Gasteiger charge is -2.00. The van der Waals surface area contributed by atoms with Crippen LogP contribution in [0.25, 0.3) is 0 Å². The van der Waals surface area contributed by atoms with Gasteiger partial charge >= 0.3 is 0 Å². The maximum atomic E-state index is 4.59. The highest BCUT2D eigenvalue weighted by Crippen LogP contribution is 2.17. The summed E-state index contributed by atoms with van der Waals surface area (Å²) in [7, 11) is 0. The van der Waals surface area contributed by atoms with Gasteiger partial charge in [-0.3, -0.25) is 0 Å². The Labute approximate surface area is 104 Å². The number of rotatable bonds is 5. The Kier molecular flexibility index (Phi) is 4.09. The molecule has 0 spiro atoms. The molecule has 0 saturated heterocycles. The minimum absolute atomic E-state index is 0.530. The van der Waals surface area contributed by atoms with Crippen molar-refractivity contribution in [2.75, 3.05) is 0 Å². The average molecular weight is 252 g/mol. The second-order valence-corrected chi connectivity index (χ2v) is 5.78. The minimum atomic E-state index is 0.530. The van der Waals surface area contributed by atoms with Crippen LogP contribution >= 0.6 is 22.7 Å². The molecule has 0 radical (unpaired) electrons. The molecule has 0 aliphatic carbocycles. The van der Waals surface area contributed by atoms with E-state index in [-0.39, 0.29) is 0 Å². The van der Waals surface area contributed by atoms with Crippen LogP contribution in [0.1, 0.15) is 36.0 Å². The van der Waals surface area contributed by atoms with Gasteiger partial charge in [0.1, 0.15) is 5.01 Å². The van der Waals surface area contributed by atoms with E-state index in [2.05, 4.69) is 46.4 Å². The SMILES string of the molecule is CC(C)c1csc(CNCc2ccsc2)n1. The molecule has 2 aromatic heterocycles. The van der Waals surface area contributed by atoms with Crippen LogP contribution in [0.4, 0.5) is 0 Å². The van der Waals surface area contributed by atoms with E-state index in [1.165, 1.54) is 16.3 Å². The fraction of sp³-hybridized carbons (Fsp3) is 0.417. The number of hydrogen-bond donors (Lipinski definition) is 1. The third kappa shape index (κ3) is 3.14. The predicted octanol–water partition coefficient (Wildman–Crippen LogP) is 3.62.